The summed E-state index contributed by atoms with van der Waals surface area (Å²) in [6.07, 6.45) is 0. The molecular formula is C20H19ClFN5O2. The Bertz CT molecular complexity index is 1060. The maximum Gasteiger partial charge on any atom is 0.323 e. The normalized spacial score (nSPS) is 14.2. The SMILES string of the molecule is COc1nc2ccc(Cl)cc2nc1NC(=O)N1CCN(c2cccc(F)c2)CC1. The van der Waals surface area contributed by atoms with Crippen LogP contribution in [-0.2, 0) is 0 Å². The predicted molar refractivity (Wildman–Crippen MR) is 110 cm³/mol. The Hall–Kier alpha value is -3.13. The first kappa shape index (κ1) is 19.2. The van der Waals surface area contributed by atoms with Gasteiger partial charge in [-0.05, 0) is 36.4 Å². The van der Waals surface area contributed by atoms with Gasteiger partial charge in [-0.15, -0.1) is 0 Å². The van der Waals surface area contributed by atoms with Crippen LogP contribution < -0.4 is 15.0 Å². The number of halogens is 2. The number of piperazine rings is 1. The Kier molecular flexibility index (Phi) is 5.35. The molecule has 29 heavy (non-hydrogen) atoms. The van der Waals surface area contributed by atoms with Crippen molar-refractivity contribution in [3.63, 3.8) is 0 Å². The largest absolute Gasteiger partial charge is 0.478 e. The van der Waals surface area contributed by atoms with Crippen LogP contribution in [0.25, 0.3) is 11.0 Å². The summed E-state index contributed by atoms with van der Waals surface area (Å²) in [4.78, 5) is 25.3. The van der Waals surface area contributed by atoms with Crippen LogP contribution in [0, 0.1) is 5.82 Å². The Labute approximate surface area is 172 Å². The molecule has 0 aliphatic carbocycles. The van der Waals surface area contributed by atoms with Crippen LogP contribution in [0.15, 0.2) is 42.5 Å². The number of benzene rings is 2. The quantitative estimate of drug-likeness (QED) is 0.704. The second-order valence-corrected chi connectivity index (χ2v) is 7.04. The molecule has 0 atom stereocenters. The van der Waals surface area contributed by atoms with Crippen LogP contribution in [0.1, 0.15) is 0 Å². The van der Waals surface area contributed by atoms with Crippen LogP contribution in [0.2, 0.25) is 5.02 Å². The number of hydrogen-bond acceptors (Lipinski definition) is 5. The summed E-state index contributed by atoms with van der Waals surface area (Å²) in [5, 5.41) is 3.30. The summed E-state index contributed by atoms with van der Waals surface area (Å²) in [6.45, 7) is 2.20. The lowest BCUT2D eigenvalue weighted by molar-refractivity contribution is 0.208. The van der Waals surface area contributed by atoms with Crippen molar-refractivity contribution in [2.75, 3.05) is 43.5 Å². The Morgan fingerprint density at radius 2 is 1.90 bits per heavy atom. The Morgan fingerprint density at radius 3 is 2.62 bits per heavy atom. The first-order chi connectivity index (χ1) is 14.0. The highest BCUT2D eigenvalue weighted by Crippen LogP contribution is 2.25. The van der Waals surface area contributed by atoms with Gasteiger partial charge in [0.15, 0.2) is 5.82 Å². The van der Waals surface area contributed by atoms with Crippen molar-refractivity contribution < 1.29 is 13.9 Å². The standard InChI is InChI=1S/C20H19ClFN5O2/c1-29-19-18(23-17-11-13(21)5-6-16(17)24-19)25-20(28)27-9-7-26(8-10-27)15-4-2-3-14(22)12-15/h2-6,11-12H,7-10H2,1H3,(H,23,25,28). The second kappa shape index (κ2) is 8.08. The maximum absolute atomic E-state index is 13.4. The maximum atomic E-state index is 13.4. The van der Waals surface area contributed by atoms with Crippen molar-refractivity contribution >= 4 is 40.2 Å². The van der Waals surface area contributed by atoms with Crippen molar-refractivity contribution in [1.82, 2.24) is 14.9 Å². The summed E-state index contributed by atoms with van der Waals surface area (Å²) in [5.74, 6) is 0.191. The van der Waals surface area contributed by atoms with Gasteiger partial charge in [-0.25, -0.2) is 19.2 Å². The van der Waals surface area contributed by atoms with E-state index < -0.39 is 0 Å². The number of nitrogens with one attached hydrogen (secondary N) is 1. The van der Waals surface area contributed by atoms with E-state index in [1.165, 1.54) is 19.2 Å². The smallest absolute Gasteiger partial charge is 0.323 e. The summed E-state index contributed by atoms with van der Waals surface area (Å²) in [5.41, 5.74) is 1.99. The third-order valence-electron chi connectivity index (χ3n) is 4.75. The first-order valence-electron chi connectivity index (χ1n) is 9.11. The molecule has 2 amide bonds. The molecule has 1 aliphatic rings. The number of methoxy groups -OCH3 is 1. The number of rotatable bonds is 3. The highest BCUT2D eigenvalue weighted by atomic mass is 35.5. The van der Waals surface area contributed by atoms with E-state index in [-0.39, 0.29) is 23.5 Å². The molecule has 1 fully saturated rings. The average Bonchev–Trinajstić information content (AvgIpc) is 2.73. The van der Waals surface area contributed by atoms with Gasteiger partial charge < -0.3 is 14.5 Å². The van der Waals surface area contributed by atoms with Crippen molar-refractivity contribution in [2.45, 2.75) is 0 Å². The molecule has 1 N–H and O–H groups in total. The Balaban J connectivity index is 1.46. The molecule has 0 saturated carbocycles. The molecule has 0 bridgehead atoms. The molecule has 0 spiro atoms. The lowest BCUT2D eigenvalue weighted by Gasteiger charge is -2.36. The van der Waals surface area contributed by atoms with Gasteiger partial charge in [0.05, 0.1) is 18.1 Å². The summed E-state index contributed by atoms with van der Waals surface area (Å²) < 4.78 is 18.7. The fraction of sp³-hybridized carbons (Fsp3) is 0.250. The number of carbonyl (C=O) groups excluding carboxylic acids is 1. The van der Waals surface area contributed by atoms with Gasteiger partial charge in [-0.3, -0.25) is 5.32 Å². The fourth-order valence-corrected chi connectivity index (χ4v) is 3.42. The number of nitrogens with zero attached hydrogens (tertiary/aromatic N) is 4. The van der Waals surface area contributed by atoms with Crippen LogP contribution in [0.3, 0.4) is 0 Å². The van der Waals surface area contributed by atoms with E-state index >= 15 is 0 Å². The summed E-state index contributed by atoms with van der Waals surface area (Å²) in [7, 11) is 1.47. The van der Waals surface area contributed by atoms with Gasteiger partial charge >= 0.3 is 6.03 Å². The molecule has 1 saturated heterocycles. The molecule has 3 aromatic rings. The third-order valence-corrected chi connectivity index (χ3v) is 4.99. The van der Waals surface area contributed by atoms with Crippen molar-refractivity contribution in [3.8, 4) is 5.88 Å². The molecule has 9 heteroatoms. The molecule has 2 aromatic carbocycles. The third kappa shape index (κ3) is 4.17. The van der Waals surface area contributed by atoms with Crippen molar-refractivity contribution in [3.05, 3.63) is 53.3 Å². The zero-order valence-corrected chi connectivity index (χ0v) is 16.5. The van der Waals surface area contributed by atoms with Crippen molar-refractivity contribution in [2.24, 2.45) is 0 Å². The van der Waals surface area contributed by atoms with E-state index in [4.69, 9.17) is 16.3 Å². The predicted octanol–water partition coefficient (Wildman–Crippen LogP) is 3.79. The lowest BCUT2D eigenvalue weighted by Crippen LogP contribution is -2.50. The molecule has 1 aliphatic heterocycles. The number of aromatic nitrogens is 2. The van der Waals surface area contributed by atoms with Gasteiger partial charge in [0.25, 0.3) is 5.88 Å². The van der Waals surface area contributed by atoms with Crippen LogP contribution in [0.5, 0.6) is 5.88 Å². The summed E-state index contributed by atoms with van der Waals surface area (Å²) in [6, 6.07) is 11.3. The molecule has 0 radical (unpaired) electrons. The molecule has 2 heterocycles. The molecule has 7 nitrogen and oxygen atoms in total. The van der Waals surface area contributed by atoms with Crippen LogP contribution in [0.4, 0.5) is 20.7 Å². The van der Waals surface area contributed by atoms with Gasteiger partial charge in [-0.2, -0.15) is 0 Å². The molecule has 0 unspecified atom stereocenters. The lowest BCUT2D eigenvalue weighted by atomic mass is 10.2. The topological polar surface area (TPSA) is 70.6 Å². The second-order valence-electron chi connectivity index (χ2n) is 6.60. The molecular weight excluding hydrogens is 397 g/mol. The minimum absolute atomic E-state index is 0.228. The highest BCUT2D eigenvalue weighted by Gasteiger charge is 2.23. The van der Waals surface area contributed by atoms with Gasteiger partial charge in [-0.1, -0.05) is 17.7 Å². The van der Waals surface area contributed by atoms with E-state index in [2.05, 4.69) is 15.3 Å². The minimum Gasteiger partial charge on any atom is -0.478 e. The number of anilines is 2. The van der Waals surface area contributed by atoms with Gasteiger partial charge in [0, 0.05) is 36.9 Å². The number of carbonyl (C=O) groups is 1. The minimum atomic E-state index is -0.294. The summed E-state index contributed by atoms with van der Waals surface area (Å²) >= 11 is 6.02. The number of amides is 2. The number of urea groups is 1. The van der Waals surface area contributed by atoms with E-state index in [9.17, 15) is 9.18 Å². The molecule has 1 aromatic heterocycles. The van der Waals surface area contributed by atoms with Crippen molar-refractivity contribution in [1.29, 1.82) is 0 Å². The van der Waals surface area contributed by atoms with Crippen LogP contribution >= 0.6 is 11.6 Å². The van der Waals surface area contributed by atoms with E-state index in [1.54, 1.807) is 29.2 Å². The van der Waals surface area contributed by atoms with E-state index in [0.717, 1.165) is 5.69 Å². The number of ether oxygens (including phenoxy) is 1. The zero-order chi connectivity index (χ0) is 20.4. The molecule has 4 rings (SSSR count). The van der Waals surface area contributed by atoms with Crippen LogP contribution in [-0.4, -0.2) is 54.2 Å². The monoisotopic (exact) mass is 415 g/mol. The molecule has 150 valence electrons. The van der Waals surface area contributed by atoms with E-state index in [0.29, 0.717) is 42.2 Å². The van der Waals surface area contributed by atoms with E-state index in [1.807, 2.05) is 11.0 Å². The Morgan fingerprint density at radius 1 is 1.10 bits per heavy atom. The number of fused-ring (bicyclic) bond motifs is 1. The van der Waals surface area contributed by atoms with Gasteiger partial charge in [0.2, 0.25) is 0 Å². The first-order valence-corrected chi connectivity index (χ1v) is 9.49. The highest BCUT2D eigenvalue weighted by molar-refractivity contribution is 6.31. The number of hydrogen-bond donors (Lipinski definition) is 1. The van der Waals surface area contributed by atoms with Gasteiger partial charge in [0.1, 0.15) is 5.82 Å². The zero-order valence-electron chi connectivity index (χ0n) is 15.7. The average molecular weight is 416 g/mol. The fourth-order valence-electron chi connectivity index (χ4n) is 3.26.